The molecule has 2 heterocycles. The minimum absolute atomic E-state index is 0.107. The SMILES string of the molecule is N#Cc1ccc(CN2CCN(C(=O)Cc3ccncc3)CC2)c(F)c1. The third kappa shape index (κ3) is 4.40. The second-order valence-corrected chi connectivity index (χ2v) is 6.11. The number of rotatable bonds is 4. The average molecular weight is 338 g/mol. The maximum atomic E-state index is 14.0. The molecule has 0 N–H and O–H groups in total. The molecule has 1 aromatic carbocycles. The highest BCUT2D eigenvalue weighted by atomic mass is 19.1. The third-order valence-corrected chi connectivity index (χ3v) is 4.41. The van der Waals surface area contributed by atoms with Crippen molar-refractivity contribution in [3.8, 4) is 6.07 Å². The fraction of sp³-hybridized carbons (Fsp3) is 0.316. The Balaban J connectivity index is 1.52. The van der Waals surface area contributed by atoms with Gasteiger partial charge >= 0.3 is 0 Å². The van der Waals surface area contributed by atoms with Gasteiger partial charge < -0.3 is 4.90 Å². The van der Waals surface area contributed by atoms with Crippen LogP contribution >= 0.6 is 0 Å². The number of amides is 1. The highest BCUT2D eigenvalue weighted by Crippen LogP contribution is 2.14. The van der Waals surface area contributed by atoms with E-state index in [1.54, 1.807) is 24.5 Å². The number of halogens is 1. The van der Waals surface area contributed by atoms with Gasteiger partial charge in [-0.15, -0.1) is 0 Å². The predicted molar refractivity (Wildman–Crippen MR) is 90.9 cm³/mol. The molecule has 1 fully saturated rings. The van der Waals surface area contributed by atoms with Gasteiger partial charge in [-0.1, -0.05) is 6.07 Å². The number of nitrogens with zero attached hydrogens (tertiary/aromatic N) is 4. The highest BCUT2D eigenvalue weighted by molar-refractivity contribution is 5.78. The maximum absolute atomic E-state index is 14.0. The lowest BCUT2D eigenvalue weighted by molar-refractivity contribution is -0.132. The fourth-order valence-electron chi connectivity index (χ4n) is 2.93. The lowest BCUT2D eigenvalue weighted by atomic mass is 10.1. The smallest absolute Gasteiger partial charge is 0.227 e. The number of hydrogen-bond donors (Lipinski definition) is 0. The zero-order valence-electron chi connectivity index (χ0n) is 13.9. The summed E-state index contributed by atoms with van der Waals surface area (Å²) in [7, 11) is 0. The summed E-state index contributed by atoms with van der Waals surface area (Å²) in [4.78, 5) is 20.3. The molecule has 0 saturated carbocycles. The summed E-state index contributed by atoms with van der Waals surface area (Å²) in [6, 6.07) is 10.2. The Morgan fingerprint density at radius 2 is 1.88 bits per heavy atom. The van der Waals surface area contributed by atoms with Crippen molar-refractivity contribution in [3.05, 3.63) is 65.2 Å². The summed E-state index contributed by atoms with van der Waals surface area (Å²) >= 11 is 0. The molecule has 128 valence electrons. The minimum atomic E-state index is -0.352. The Hall–Kier alpha value is -2.78. The van der Waals surface area contributed by atoms with Crippen LogP contribution in [0.1, 0.15) is 16.7 Å². The van der Waals surface area contributed by atoms with Crippen molar-refractivity contribution in [2.75, 3.05) is 26.2 Å². The van der Waals surface area contributed by atoms with E-state index in [1.165, 1.54) is 6.07 Å². The number of carbonyl (C=O) groups is 1. The summed E-state index contributed by atoms with van der Waals surface area (Å²) in [5.74, 6) is -0.245. The molecular weight excluding hydrogens is 319 g/mol. The first kappa shape index (κ1) is 17.1. The first-order chi connectivity index (χ1) is 12.2. The van der Waals surface area contributed by atoms with Gasteiger partial charge in [-0.25, -0.2) is 4.39 Å². The van der Waals surface area contributed by atoms with Gasteiger partial charge in [-0.3, -0.25) is 14.7 Å². The summed E-state index contributed by atoms with van der Waals surface area (Å²) < 4.78 is 14.0. The quantitative estimate of drug-likeness (QED) is 0.855. The van der Waals surface area contributed by atoms with Crippen LogP contribution in [0, 0.1) is 17.1 Å². The number of nitriles is 1. The van der Waals surface area contributed by atoms with E-state index >= 15 is 0 Å². The van der Waals surface area contributed by atoms with Gasteiger partial charge in [0.1, 0.15) is 5.82 Å². The predicted octanol–water partition coefficient (Wildman–Crippen LogP) is 1.98. The minimum Gasteiger partial charge on any atom is -0.340 e. The first-order valence-corrected chi connectivity index (χ1v) is 8.23. The molecule has 0 radical (unpaired) electrons. The molecule has 1 saturated heterocycles. The van der Waals surface area contributed by atoms with Crippen LogP contribution in [0.25, 0.3) is 0 Å². The lowest BCUT2D eigenvalue weighted by Gasteiger charge is -2.35. The fourth-order valence-corrected chi connectivity index (χ4v) is 2.93. The van der Waals surface area contributed by atoms with Crippen LogP contribution in [0.3, 0.4) is 0 Å². The molecule has 0 atom stereocenters. The first-order valence-electron chi connectivity index (χ1n) is 8.23. The van der Waals surface area contributed by atoms with Gasteiger partial charge in [0.15, 0.2) is 0 Å². The van der Waals surface area contributed by atoms with Gasteiger partial charge in [-0.2, -0.15) is 5.26 Å². The average Bonchev–Trinajstić information content (AvgIpc) is 2.64. The summed E-state index contributed by atoms with van der Waals surface area (Å²) in [5, 5.41) is 8.79. The highest BCUT2D eigenvalue weighted by Gasteiger charge is 2.21. The van der Waals surface area contributed by atoms with Crippen molar-refractivity contribution in [1.82, 2.24) is 14.8 Å². The van der Waals surface area contributed by atoms with Crippen LogP contribution < -0.4 is 0 Å². The van der Waals surface area contributed by atoms with Crippen molar-refractivity contribution < 1.29 is 9.18 Å². The molecule has 0 spiro atoms. The van der Waals surface area contributed by atoms with E-state index < -0.39 is 0 Å². The number of benzene rings is 1. The van der Waals surface area contributed by atoms with Gasteiger partial charge in [0.05, 0.1) is 18.1 Å². The molecule has 1 aromatic heterocycles. The maximum Gasteiger partial charge on any atom is 0.227 e. The Morgan fingerprint density at radius 3 is 2.52 bits per heavy atom. The monoisotopic (exact) mass is 338 g/mol. The second kappa shape index (κ2) is 7.86. The molecule has 0 aliphatic carbocycles. The normalized spacial score (nSPS) is 15.0. The zero-order valence-corrected chi connectivity index (χ0v) is 13.9. The van der Waals surface area contributed by atoms with E-state index in [0.717, 1.165) is 5.56 Å². The second-order valence-electron chi connectivity index (χ2n) is 6.11. The van der Waals surface area contributed by atoms with Crippen molar-refractivity contribution in [1.29, 1.82) is 5.26 Å². The van der Waals surface area contributed by atoms with Crippen LogP contribution in [-0.2, 0) is 17.8 Å². The van der Waals surface area contributed by atoms with Gasteiger partial charge in [0.2, 0.25) is 5.91 Å². The van der Waals surface area contributed by atoms with E-state index in [4.69, 9.17) is 5.26 Å². The van der Waals surface area contributed by atoms with E-state index in [9.17, 15) is 9.18 Å². The van der Waals surface area contributed by atoms with Crippen molar-refractivity contribution in [3.63, 3.8) is 0 Å². The van der Waals surface area contributed by atoms with E-state index in [2.05, 4.69) is 9.88 Å². The Kier molecular flexibility index (Phi) is 5.36. The van der Waals surface area contributed by atoms with E-state index in [-0.39, 0.29) is 11.7 Å². The molecule has 0 bridgehead atoms. The lowest BCUT2D eigenvalue weighted by Crippen LogP contribution is -2.48. The Labute approximate surface area is 146 Å². The van der Waals surface area contributed by atoms with Crippen molar-refractivity contribution in [2.45, 2.75) is 13.0 Å². The van der Waals surface area contributed by atoms with Crippen LogP contribution in [0.2, 0.25) is 0 Å². The van der Waals surface area contributed by atoms with Crippen LogP contribution in [0.5, 0.6) is 0 Å². The molecule has 5 nitrogen and oxygen atoms in total. The van der Waals surface area contributed by atoms with Crippen LogP contribution in [0.15, 0.2) is 42.7 Å². The molecule has 1 aliphatic heterocycles. The molecule has 3 rings (SSSR count). The number of hydrogen-bond acceptors (Lipinski definition) is 4. The molecule has 25 heavy (non-hydrogen) atoms. The van der Waals surface area contributed by atoms with Crippen molar-refractivity contribution in [2.24, 2.45) is 0 Å². The van der Waals surface area contributed by atoms with Crippen LogP contribution in [-0.4, -0.2) is 46.9 Å². The molecule has 1 amide bonds. The number of aromatic nitrogens is 1. The number of pyridine rings is 1. The van der Waals surface area contributed by atoms with Gasteiger partial charge in [0, 0.05) is 50.7 Å². The van der Waals surface area contributed by atoms with Crippen molar-refractivity contribution >= 4 is 5.91 Å². The topological polar surface area (TPSA) is 60.2 Å². The summed E-state index contributed by atoms with van der Waals surface area (Å²) in [6.07, 6.45) is 3.76. The largest absolute Gasteiger partial charge is 0.340 e. The molecule has 1 aliphatic rings. The summed E-state index contributed by atoms with van der Waals surface area (Å²) in [5.41, 5.74) is 1.87. The standard InChI is InChI=1S/C19H19FN4O/c20-18-11-16(13-21)1-2-17(18)14-23-7-9-24(10-8-23)19(25)12-15-3-5-22-6-4-15/h1-6,11H,7-10,12,14H2. The Bertz CT molecular complexity index is 780. The van der Waals surface area contributed by atoms with Gasteiger partial charge in [-0.05, 0) is 29.8 Å². The summed E-state index contributed by atoms with van der Waals surface area (Å²) in [6.45, 7) is 3.19. The number of piperazine rings is 1. The molecular formula is C19H19FN4O. The zero-order chi connectivity index (χ0) is 17.6. The van der Waals surface area contributed by atoms with E-state index in [1.807, 2.05) is 23.1 Å². The van der Waals surface area contributed by atoms with Gasteiger partial charge in [0.25, 0.3) is 0 Å². The molecule has 2 aromatic rings. The van der Waals surface area contributed by atoms with E-state index in [0.29, 0.717) is 50.3 Å². The third-order valence-electron chi connectivity index (χ3n) is 4.41. The van der Waals surface area contributed by atoms with Crippen LogP contribution in [0.4, 0.5) is 4.39 Å². The number of carbonyl (C=O) groups excluding carboxylic acids is 1. The Morgan fingerprint density at radius 1 is 1.16 bits per heavy atom. The molecule has 6 heteroatoms. The molecule has 0 unspecified atom stereocenters.